The van der Waals surface area contributed by atoms with Gasteiger partial charge in [0.05, 0.1) is 19.3 Å². The first-order valence-electron chi connectivity index (χ1n) is 11.0. The topological polar surface area (TPSA) is 79.3 Å². The van der Waals surface area contributed by atoms with Gasteiger partial charge in [0.2, 0.25) is 5.95 Å². The van der Waals surface area contributed by atoms with Crippen molar-refractivity contribution >= 4 is 11.8 Å². The second-order valence-electron chi connectivity index (χ2n) is 8.07. The molecule has 8 nitrogen and oxygen atoms in total. The Morgan fingerprint density at radius 2 is 1.94 bits per heavy atom. The lowest BCUT2D eigenvalue weighted by molar-refractivity contribution is -0.141. The van der Waals surface area contributed by atoms with Crippen LogP contribution >= 0.6 is 0 Å². The number of morpholine rings is 1. The van der Waals surface area contributed by atoms with Crippen molar-refractivity contribution in [3.8, 4) is 0 Å². The number of halogens is 3. The molecule has 4 heterocycles. The average Bonchev–Trinajstić information content (AvgIpc) is 2.79. The summed E-state index contributed by atoms with van der Waals surface area (Å²) >= 11 is 0. The first kappa shape index (κ1) is 22.7. The van der Waals surface area contributed by atoms with Crippen molar-refractivity contribution in [3.05, 3.63) is 35.5 Å². The molecule has 2 fully saturated rings. The summed E-state index contributed by atoms with van der Waals surface area (Å²) < 4.78 is 45.1. The Bertz CT molecular complexity index is 905. The molecule has 1 N–H and O–H groups in total. The summed E-state index contributed by atoms with van der Waals surface area (Å²) in [5.41, 5.74) is -0.539. The molecule has 0 radical (unpaired) electrons. The summed E-state index contributed by atoms with van der Waals surface area (Å²) in [4.78, 5) is 21.4. The molecule has 2 aliphatic rings. The standard InChI is InChI=1S/C21H28F3N7O/c1-15-14-17(21(22,23)24)28-19(27-15)16-4-2-3-8-30(16)9-7-25-18-5-6-26-20(29-18)31-10-12-32-13-11-31/h5-6,14,16H,2-4,7-13H2,1H3,(H,25,26,29). The third-order valence-corrected chi connectivity index (χ3v) is 5.72. The molecule has 1 unspecified atom stereocenters. The molecule has 2 aromatic heterocycles. The van der Waals surface area contributed by atoms with E-state index in [1.54, 1.807) is 13.1 Å². The number of anilines is 2. The van der Waals surface area contributed by atoms with Crippen LogP contribution in [0.5, 0.6) is 0 Å². The molecule has 4 rings (SSSR count). The minimum Gasteiger partial charge on any atom is -0.378 e. The van der Waals surface area contributed by atoms with Crippen LogP contribution in [0.15, 0.2) is 18.3 Å². The number of nitrogens with one attached hydrogen (secondary N) is 1. The Morgan fingerprint density at radius 1 is 1.12 bits per heavy atom. The summed E-state index contributed by atoms with van der Waals surface area (Å²) in [6.45, 7) is 6.48. The number of ether oxygens (including phenoxy) is 1. The van der Waals surface area contributed by atoms with Gasteiger partial charge in [-0.25, -0.2) is 15.0 Å². The molecule has 0 aromatic carbocycles. The molecule has 0 bridgehead atoms. The zero-order chi connectivity index (χ0) is 22.6. The van der Waals surface area contributed by atoms with Gasteiger partial charge in [-0.1, -0.05) is 6.42 Å². The highest BCUT2D eigenvalue weighted by molar-refractivity contribution is 5.41. The zero-order valence-corrected chi connectivity index (χ0v) is 18.1. The molecule has 1 atom stereocenters. The van der Waals surface area contributed by atoms with Crippen molar-refractivity contribution in [2.75, 3.05) is 56.2 Å². The van der Waals surface area contributed by atoms with Crippen LogP contribution in [0.2, 0.25) is 0 Å². The molecule has 0 amide bonds. The van der Waals surface area contributed by atoms with Crippen LogP contribution in [0.1, 0.15) is 42.5 Å². The summed E-state index contributed by atoms with van der Waals surface area (Å²) in [5.74, 6) is 1.65. The zero-order valence-electron chi connectivity index (χ0n) is 18.1. The molecule has 32 heavy (non-hydrogen) atoms. The number of alkyl halides is 3. The monoisotopic (exact) mass is 451 g/mol. The fraction of sp³-hybridized carbons (Fsp3) is 0.619. The van der Waals surface area contributed by atoms with Gasteiger partial charge in [-0.15, -0.1) is 0 Å². The van der Waals surface area contributed by atoms with Crippen molar-refractivity contribution in [1.29, 1.82) is 0 Å². The van der Waals surface area contributed by atoms with Gasteiger partial charge in [-0.05, 0) is 38.4 Å². The lowest BCUT2D eigenvalue weighted by Gasteiger charge is -2.35. The van der Waals surface area contributed by atoms with Gasteiger partial charge < -0.3 is 15.0 Å². The van der Waals surface area contributed by atoms with E-state index in [1.807, 2.05) is 6.07 Å². The molecular weight excluding hydrogens is 423 g/mol. The van der Waals surface area contributed by atoms with Crippen LogP contribution in [0.25, 0.3) is 0 Å². The Labute approximate surface area is 185 Å². The second-order valence-corrected chi connectivity index (χ2v) is 8.07. The average molecular weight is 451 g/mol. The van der Waals surface area contributed by atoms with Crippen molar-refractivity contribution in [2.24, 2.45) is 0 Å². The smallest absolute Gasteiger partial charge is 0.378 e. The number of hydrogen-bond donors (Lipinski definition) is 1. The SMILES string of the molecule is Cc1cc(C(F)(F)F)nc(C2CCCCN2CCNc2ccnc(N3CCOCC3)n2)n1. The van der Waals surface area contributed by atoms with Crippen LogP contribution in [0.3, 0.4) is 0 Å². The minimum absolute atomic E-state index is 0.221. The normalized spacial score (nSPS) is 20.4. The lowest BCUT2D eigenvalue weighted by atomic mass is 10.0. The number of nitrogens with zero attached hydrogens (tertiary/aromatic N) is 6. The maximum atomic E-state index is 13.2. The molecule has 0 saturated carbocycles. The van der Waals surface area contributed by atoms with E-state index in [4.69, 9.17) is 4.74 Å². The van der Waals surface area contributed by atoms with Crippen molar-refractivity contribution in [1.82, 2.24) is 24.8 Å². The Kier molecular flexibility index (Phi) is 7.04. The largest absolute Gasteiger partial charge is 0.433 e. The van der Waals surface area contributed by atoms with E-state index in [1.165, 1.54) is 0 Å². The number of aryl methyl sites for hydroxylation is 1. The van der Waals surface area contributed by atoms with E-state index in [0.29, 0.717) is 37.9 Å². The van der Waals surface area contributed by atoms with E-state index in [2.05, 4.69) is 35.1 Å². The molecule has 0 spiro atoms. The van der Waals surface area contributed by atoms with Gasteiger partial charge in [0.15, 0.2) is 0 Å². The van der Waals surface area contributed by atoms with E-state index in [9.17, 15) is 13.2 Å². The fourth-order valence-corrected chi connectivity index (χ4v) is 4.13. The summed E-state index contributed by atoms with van der Waals surface area (Å²) in [5, 5.41) is 3.32. The minimum atomic E-state index is -4.48. The van der Waals surface area contributed by atoms with E-state index < -0.39 is 11.9 Å². The van der Waals surface area contributed by atoms with Crippen LogP contribution < -0.4 is 10.2 Å². The van der Waals surface area contributed by atoms with Gasteiger partial charge in [0.25, 0.3) is 0 Å². The predicted molar refractivity (Wildman–Crippen MR) is 113 cm³/mol. The van der Waals surface area contributed by atoms with Gasteiger partial charge in [-0.3, -0.25) is 4.90 Å². The van der Waals surface area contributed by atoms with Crippen molar-refractivity contribution in [3.63, 3.8) is 0 Å². The molecule has 2 saturated heterocycles. The van der Waals surface area contributed by atoms with Gasteiger partial charge >= 0.3 is 6.18 Å². The highest BCUT2D eigenvalue weighted by Crippen LogP contribution is 2.32. The summed E-state index contributed by atoms with van der Waals surface area (Å²) in [6.07, 6.45) is -0.0571. The van der Waals surface area contributed by atoms with Crippen LogP contribution in [-0.4, -0.2) is 70.8 Å². The third kappa shape index (κ3) is 5.63. The van der Waals surface area contributed by atoms with E-state index in [0.717, 1.165) is 50.8 Å². The van der Waals surface area contributed by atoms with Crippen molar-refractivity contribution < 1.29 is 17.9 Å². The lowest BCUT2D eigenvalue weighted by Crippen LogP contribution is -2.38. The molecular formula is C21H28F3N7O. The molecule has 2 aromatic rings. The highest BCUT2D eigenvalue weighted by atomic mass is 19.4. The number of rotatable bonds is 6. The Balaban J connectivity index is 1.40. The van der Waals surface area contributed by atoms with Crippen molar-refractivity contribution in [2.45, 2.75) is 38.4 Å². The number of piperidine rings is 1. The van der Waals surface area contributed by atoms with Gasteiger partial charge in [-0.2, -0.15) is 18.2 Å². The Hall–Kier alpha value is -2.53. The highest BCUT2D eigenvalue weighted by Gasteiger charge is 2.35. The second kappa shape index (κ2) is 9.95. The van der Waals surface area contributed by atoms with Crippen LogP contribution in [0, 0.1) is 6.92 Å². The first-order chi connectivity index (χ1) is 15.4. The quantitative estimate of drug-likeness (QED) is 0.718. The van der Waals surface area contributed by atoms with Crippen LogP contribution in [0.4, 0.5) is 24.9 Å². The van der Waals surface area contributed by atoms with Gasteiger partial charge in [0, 0.05) is 38.1 Å². The molecule has 2 aliphatic heterocycles. The summed E-state index contributed by atoms with van der Waals surface area (Å²) in [7, 11) is 0. The van der Waals surface area contributed by atoms with E-state index in [-0.39, 0.29) is 11.9 Å². The number of hydrogen-bond acceptors (Lipinski definition) is 8. The van der Waals surface area contributed by atoms with Gasteiger partial charge in [0.1, 0.15) is 17.3 Å². The first-order valence-corrected chi connectivity index (χ1v) is 11.0. The summed E-state index contributed by atoms with van der Waals surface area (Å²) in [6, 6.07) is 2.59. The molecule has 11 heteroatoms. The maximum absolute atomic E-state index is 13.2. The number of aromatic nitrogens is 4. The maximum Gasteiger partial charge on any atom is 0.433 e. The molecule has 0 aliphatic carbocycles. The molecule has 174 valence electrons. The van der Waals surface area contributed by atoms with E-state index >= 15 is 0 Å². The van der Waals surface area contributed by atoms with Crippen LogP contribution in [-0.2, 0) is 10.9 Å². The predicted octanol–water partition coefficient (Wildman–Crippen LogP) is 3.07. The fourth-order valence-electron chi connectivity index (χ4n) is 4.13. The number of likely N-dealkylation sites (tertiary alicyclic amines) is 1. The third-order valence-electron chi connectivity index (χ3n) is 5.72. The Morgan fingerprint density at radius 3 is 2.72 bits per heavy atom.